The molecule has 0 aliphatic heterocycles. The van der Waals surface area contributed by atoms with Gasteiger partial charge in [-0.15, -0.1) is 5.10 Å². The molecule has 10 heavy (non-hydrogen) atoms. The zero-order chi connectivity index (χ0) is 7.40. The number of aromatic nitrogens is 2. The summed E-state index contributed by atoms with van der Waals surface area (Å²) in [6.07, 6.45) is 0. The Labute approximate surface area is 70.0 Å². The molecule has 1 N–H and O–H groups in total. The van der Waals surface area contributed by atoms with Gasteiger partial charge in [-0.3, -0.25) is 0 Å². The molecule has 0 saturated heterocycles. The molecule has 1 heterocycles. The highest BCUT2D eigenvalue weighted by atomic mass is 79.9. The minimum absolute atomic E-state index is 0.00278. The number of aliphatic hydroxyl groups excluding tert-OH is 1. The van der Waals surface area contributed by atoms with Crippen LogP contribution in [0.2, 0.25) is 0 Å². The summed E-state index contributed by atoms with van der Waals surface area (Å²) in [5.41, 5.74) is 0. The molecular formula is C4H5BrN2O2S. The highest BCUT2D eigenvalue weighted by molar-refractivity contribution is 9.11. The first kappa shape index (κ1) is 7.90. The van der Waals surface area contributed by atoms with Crippen molar-refractivity contribution in [3.8, 4) is 5.19 Å². The fourth-order valence-corrected chi connectivity index (χ4v) is 1.33. The van der Waals surface area contributed by atoms with E-state index in [0.29, 0.717) is 9.11 Å². The predicted molar refractivity (Wildman–Crippen MR) is 40.2 cm³/mol. The lowest BCUT2D eigenvalue weighted by atomic mass is 10.8. The van der Waals surface area contributed by atoms with Crippen molar-refractivity contribution < 1.29 is 9.84 Å². The molecule has 0 aliphatic rings. The molecule has 0 aromatic carbocycles. The molecule has 1 aromatic rings. The van der Waals surface area contributed by atoms with E-state index in [4.69, 9.17) is 9.84 Å². The summed E-state index contributed by atoms with van der Waals surface area (Å²) in [6, 6.07) is 0. The van der Waals surface area contributed by atoms with E-state index in [1.165, 1.54) is 11.3 Å². The van der Waals surface area contributed by atoms with Crippen molar-refractivity contribution in [2.24, 2.45) is 0 Å². The largest absolute Gasteiger partial charge is 0.466 e. The quantitative estimate of drug-likeness (QED) is 0.821. The normalized spacial score (nSPS) is 9.80. The van der Waals surface area contributed by atoms with Crippen LogP contribution in [0.5, 0.6) is 5.19 Å². The lowest BCUT2D eigenvalue weighted by Gasteiger charge is -1.94. The summed E-state index contributed by atoms with van der Waals surface area (Å²) < 4.78 is 5.62. The van der Waals surface area contributed by atoms with Gasteiger partial charge in [0.1, 0.15) is 6.61 Å². The molecule has 0 atom stereocenters. The van der Waals surface area contributed by atoms with E-state index < -0.39 is 0 Å². The average molecular weight is 225 g/mol. The molecule has 1 aromatic heterocycles. The summed E-state index contributed by atoms with van der Waals surface area (Å²) in [6.45, 7) is 0.263. The molecule has 4 nitrogen and oxygen atoms in total. The maximum atomic E-state index is 8.35. The topological polar surface area (TPSA) is 55.2 Å². The van der Waals surface area contributed by atoms with E-state index in [0.717, 1.165) is 0 Å². The summed E-state index contributed by atoms with van der Waals surface area (Å²) in [4.78, 5) is 0. The second-order valence-electron chi connectivity index (χ2n) is 1.39. The van der Waals surface area contributed by atoms with Crippen LogP contribution in [0, 0.1) is 0 Å². The van der Waals surface area contributed by atoms with Crippen molar-refractivity contribution in [1.29, 1.82) is 0 Å². The zero-order valence-corrected chi connectivity index (χ0v) is 7.35. The van der Waals surface area contributed by atoms with Crippen molar-refractivity contribution in [2.45, 2.75) is 0 Å². The van der Waals surface area contributed by atoms with E-state index >= 15 is 0 Å². The molecule has 56 valence electrons. The van der Waals surface area contributed by atoms with Crippen LogP contribution in [-0.2, 0) is 0 Å². The van der Waals surface area contributed by atoms with Crippen molar-refractivity contribution in [3.05, 3.63) is 3.92 Å². The van der Waals surface area contributed by atoms with Crippen molar-refractivity contribution >= 4 is 27.3 Å². The third kappa shape index (κ3) is 2.20. The van der Waals surface area contributed by atoms with E-state index in [1.54, 1.807) is 0 Å². The molecule has 0 saturated carbocycles. The number of hydrogen-bond donors (Lipinski definition) is 1. The summed E-state index contributed by atoms with van der Waals surface area (Å²) in [5, 5.41) is 16.1. The molecule has 0 spiro atoms. The Morgan fingerprint density at radius 2 is 2.40 bits per heavy atom. The molecule has 6 heteroatoms. The Morgan fingerprint density at radius 1 is 1.60 bits per heavy atom. The van der Waals surface area contributed by atoms with Crippen LogP contribution < -0.4 is 4.74 Å². The first-order valence-electron chi connectivity index (χ1n) is 2.55. The van der Waals surface area contributed by atoms with Gasteiger partial charge in [-0.25, -0.2) is 0 Å². The maximum Gasteiger partial charge on any atom is 0.294 e. The first-order valence-corrected chi connectivity index (χ1v) is 4.16. The zero-order valence-electron chi connectivity index (χ0n) is 4.95. The molecular weight excluding hydrogens is 220 g/mol. The summed E-state index contributed by atoms with van der Waals surface area (Å²) >= 11 is 4.42. The smallest absolute Gasteiger partial charge is 0.294 e. The van der Waals surface area contributed by atoms with E-state index in [-0.39, 0.29) is 13.2 Å². The van der Waals surface area contributed by atoms with Gasteiger partial charge in [-0.2, -0.15) is 0 Å². The van der Waals surface area contributed by atoms with Gasteiger partial charge in [-0.05, 0) is 27.3 Å². The minimum Gasteiger partial charge on any atom is -0.466 e. The van der Waals surface area contributed by atoms with Crippen molar-refractivity contribution in [3.63, 3.8) is 0 Å². The molecule has 0 amide bonds. The van der Waals surface area contributed by atoms with E-state index in [9.17, 15) is 0 Å². The van der Waals surface area contributed by atoms with Crippen LogP contribution in [0.25, 0.3) is 0 Å². The van der Waals surface area contributed by atoms with Gasteiger partial charge in [-0.1, -0.05) is 5.10 Å². The monoisotopic (exact) mass is 224 g/mol. The lowest BCUT2D eigenvalue weighted by molar-refractivity contribution is 0.200. The number of hydrogen-bond acceptors (Lipinski definition) is 5. The van der Waals surface area contributed by atoms with E-state index in [2.05, 4.69) is 26.1 Å². The Balaban J connectivity index is 2.42. The molecule has 0 fully saturated rings. The van der Waals surface area contributed by atoms with Gasteiger partial charge in [0.25, 0.3) is 5.19 Å². The van der Waals surface area contributed by atoms with Crippen LogP contribution >= 0.6 is 27.3 Å². The van der Waals surface area contributed by atoms with Crippen LogP contribution in [0.3, 0.4) is 0 Å². The van der Waals surface area contributed by atoms with Gasteiger partial charge < -0.3 is 9.84 Å². The third-order valence-corrected chi connectivity index (χ3v) is 1.97. The van der Waals surface area contributed by atoms with Gasteiger partial charge in [0.2, 0.25) is 0 Å². The number of halogens is 1. The predicted octanol–water partition coefficient (Wildman–Crippen LogP) is 0.672. The number of ether oxygens (including phenoxy) is 1. The van der Waals surface area contributed by atoms with Gasteiger partial charge in [0.15, 0.2) is 3.92 Å². The molecule has 0 unspecified atom stereocenters. The lowest BCUT2D eigenvalue weighted by Crippen LogP contribution is -2.00. The highest BCUT2D eigenvalue weighted by Crippen LogP contribution is 2.21. The fourth-order valence-electron chi connectivity index (χ4n) is 0.384. The Kier molecular flexibility index (Phi) is 3.04. The Bertz CT molecular complexity index is 205. The Hall–Kier alpha value is -0.200. The SMILES string of the molecule is OCCOc1nnc(Br)s1. The van der Waals surface area contributed by atoms with Gasteiger partial charge in [0.05, 0.1) is 6.61 Å². The molecule has 1 rings (SSSR count). The van der Waals surface area contributed by atoms with Crippen molar-refractivity contribution in [2.75, 3.05) is 13.2 Å². The molecule has 0 radical (unpaired) electrons. The third-order valence-electron chi connectivity index (χ3n) is 0.699. The van der Waals surface area contributed by atoms with Crippen LogP contribution in [0.1, 0.15) is 0 Å². The fraction of sp³-hybridized carbons (Fsp3) is 0.500. The number of nitrogens with zero attached hydrogens (tertiary/aromatic N) is 2. The highest BCUT2D eigenvalue weighted by Gasteiger charge is 1.99. The standard InChI is InChI=1S/C4H5BrN2O2S/c5-3-6-7-4(10-3)9-2-1-8/h8H,1-2H2. The second-order valence-corrected chi connectivity index (χ2v) is 3.61. The van der Waals surface area contributed by atoms with Gasteiger partial charge in [0, 0.05) is 0 Å². The van der Waals surface area contributed by atoms with Crippen LogP contribution in [0.4, 0.5) is 0 Å². The number of rotatable bonds is 3. The maximum absolute atomic E-state index is 8.35. The van der Waals surface area contributed by atoms with E-state index in [1.807, 2.05) is 0 Å². The average Bonchev–Trinajstić information content (AvgIpc) is 2.31. The van der Waals surface area contributed by atoms with Crippen molar-refractivity contribution in [1.82, 2.24) is 10.2 Å². The Morgan fingerprint density at radius 3 is 2.90 bits per heavy atom. The number of aliphatic hydroxyl groups is 1. The summed E-state index contributed by atoms with van der Waals surface area (Å²) in [7, 11) is 0. The molecule has 0 aliphatic carbocycles. The molecule has 0 bridgehead atoms. The minimum atomic E-state index is -0.00278. The second kappa shape index (κ2) is 3.85. The van der Waals surface area contributed by atoms with Gasteiger partial charge >= 0.3 is 0 Å². The summed E-state index contributed by atoms with van der Waals surface area (Å²) in [5.74, 6) is 0. The van der Waals surface area contributed by atoms with Crippen LogP contribution in [-0.4, -0.2) is 28.5 Å². The van der Waals surface area contributed by atoms with Crippen LogP contribution in [0.15, 0.2) is 3.92 Å². The first-order chi connectivity index (χ1) is 4.83.